The fraction of sp³-hybridized carbons (Fsp3) is 0.185. The zero-order valence-electron chi connectivity index (χ0n) is 19.6. The van der Waals surface area contributed by atoms with Gasteiger partial charge in [0.15, 0.2) is 5.82 Å². The van der Waals surface area contributed by atoms with Crippen LogP contribution in [0, 0.1) is 12.7 Å². The number of rotatable bonds is 6. The number of halogens is 1. The Labute approximate surface area is 201 Å². The van der Waals surface area contributed by atoms with Crippen LogP contribution in [0.1, 0.15) is 53.2 Å². The minimum Gasteiger partial charge on any atom is -0.339 e. The number of hydrogen-bond acceptors (Lipinski definition) is 5. The first-order valence-corrected chi connectivity index (χ1v) is 11.3. The van der Waals surface area contributed by atoms with Crippen LogP contribution in [0.15, 0.2) is 71.3 Å². The van der Waals surface area contributed by atoms with Crippen molar-refractivity contribution in [2.45, 2.75) is 33.1 Å². The molecule has 2 aromatic heterocycles. The Morgan fingerprint density at radius 2 is 1.77 bits per heavy atom. The second-order valence-electron chi connectivity index (χ2n) is 8.70. The molecule has 5 rings (SSSR count). The van der Waals surface area contributed by atoms with Crippen molar-refractivity contribution in [3.63, 3.8) is 0 Å². The van der Waals surface area contributed by atoms with E-state index in [1.165, 1.54) is 12.1 Å². The Balaban J connectivity index is 1.33. The molecule has 7 nitrogen and oxygen atoms in total. The number of aryl methyl sites for hydroxylation is 1. The van der Waals surface area contributed by atoms with Crippen LogP contribution in [0.2, 0.25) is 0 Å². The predicted octanol–water partition coefficient (Wildman–Crippen LogP) is 5.82. The van der Waals surface area contributed by atoms with Crippen molar-refractivity contribution >= 4 is 22.6 Å². The first-order valence-electron chi connectivity index (χ1n) is 11.3. The number of carbonyl (C=O) groups is 1. The smallest absolute Gasteiger partial charge is 0.255 e. The van der Waals surface area contributed by atoms with Gasteiger partial charge in [-0.3, -0.25) is 9.36 Å². The number of benzene rings is 3. The van der Waals surface area contributed by atoms with Gasteiger partial charge in [-0.25, -0.2) is 9.37 Å². The first kappa shape index (κ1) is 22.5. The maximum absolute atomic E-state index is 13.4. The van der Waals surface area contributed by atoms with Gasteiger partial charge in [0, 0.05) is 22.9 Å². The zero-order chi connectivity index (χ0) is 24.5. The van der Waals surface area contributed by atoms with Crippen molar-refractivity contribution in [2.75, 3.05) is 5.32 Å². The van der Waals surface area contributed by atoms with Gasteiger partial charge in [0.25, 0.3) is 5.91 Å². The van der Waals surface area contributed by atoms with E-state index in [0.29, 0.717) is 29.4 Å². The van der Waals surface area contributed by atoms with Crippen molar-refractivity contribution in [3.8, 4) is 5.69 Å². The highest BCUT2D eigenvalue weighted by molar-refractivity contribution is 6.06. The lowest BCUT2D eigenvalue weighted by atomic mass is 10.1. The first-order chi connectivity index (χ1) is 16.9. The average molecular weight is 470 g/mol. The molecule has 0 spiro atoms. The van der Waals surface area contributed by atoms with Gasteiger partial charge in [0.05, 0.1) is 17.5 Å². The lowest BCUT2D eigenvalue weighted by Crippen LogP contribution is -2.12. The van der Waals surface area contributed by atoms with Crippen LogP contribution in [-0.4, -0.2) is 25.6 Å². The Kier molecular flexibility index (Phi) is 5.86. The normalized spacial score (nSPS) is 11.3. The number of amides is 1. The standard InChI is InChI=1S/C27H24FN5O2/c1-16(2)26-31-25(35-32-26)14-18-4-9-21(10-5-18)30-27(34)19-6-13-23-24(15-19)33(17(3)29-23)22-11-7-20(28)8-12-22/h4-13,15-16H,14H2,1-3H3,(H,30,34). The molecule has 35 heavy (non-hydrogen) atoms. The molecule has 2 heterocycles. The molecule has 8 heteroatoms. The molecule has 0 unspecified atom stereocenters. The molecular formula is C27H24FN5O2. The van der Waals surface area contributed by atoms with Gasteiger partial charge < -0.3 is 9.84 Å². The largest absolute Gasteiger partial charge is 0.339 e. The van der Waals surface area contributed by atoms with Gasteiger partial charge >= 0.3 is 0 Å². The van der Waals surface area contributed by atoms with Gasteiger partial charge in [0.1, 0.15) is 11.6 Å². The molecule has 1 N–H and O–H groups in total. The molecule has 1 amide bonds. The third kappa shape index (κ3) is 4.68. The van der Waals surface area contributed by atoms with Gasteiger partial charge in [-0.2, -0.15) is 4.98 Å². The van der Waals surface area contributed by atoms with E-state index in [1.807, 2.05) is 55.7 Å². The van der Waals surface area contributed by atoms with Crippen LogP contribution in [0.4, 0.5) is 10.1 Å². The minimum atomic E-state index is -0.306. The lowest BCUT2D eigenvalue weighted by molar-refractivity contribution is 0.102. The van der Waals surface area contributed by atoms with Crippen molar-refractivity contribution in [3.05, 3.63) is 101 Å². The number of hydrogen-bond donors (Lipinski definition) is 1. The molecule has 0 aliphatic rings. The molecule has 3 aromatic carbocycles. The Hall–Kier alpha value is -4.33. The third-order valence-electron chi connectivity index (χ3n) is 5.74. The van der Waals surface area contributed by atoms with Gasteiger partial charge in [-0.05, 0) is 67.1 Å². The maximum atomic E-state index is 13.4. The van der Waals surface area contributed by atoms with E-state index in [9.17, 15) is 9.18 Å². The number of carbonyl (C=O) groups excluding carboxylic acids is 1. The highest BCUT2D eigenvalue weighted by Crippen LogP contribution is 2.23. The molecule has 5 aromatic rings. The van der Waals surface area contributed by atoms with Crippen LogP contribution in [0.3, 0.4) is 0 Å². The van der Waals surface area contributed by atoms with Crippen LogP contribution in [0.5, 0.6) is 0 Å². The number of anilines is 1. The molecule has 0 saturated carbocycles. The molecule has 0 radical (unpaired) electrons. The van der Waals surface area contributed by atoms with Gasteiger partial charge in [-0.1, -0.05) is 31.1 Å². The molecule has 0 fully saturated rings. The highest BCUT2D eigenvalue weighted by atomic mass is 19.1. The number of imidazole rings is 1. The predicted molar refractivity (Wildman–Crippen MR) is 131 cm³/mol. The lowest BCUT2D eigenvalue weighted by Gasteiger charge is -2.09. The van der Waals surface area contributed by atoms with Crippen molar-refractivity contribution in [2.24, 2.45) is 0 Å². The van der Waals surface area contributed by atoms with E-state index in [4.69, 9.17) is 4.52 Å². The Morgan fingerprint density at radius 1 is 1.03 bits per heavy atom. The monoisotopic (exact) mass is 469 g/mol. The summed E-state index contributed by atoms with van der Waals surface area (Å²) in [6, 6.07) is 19.1. The summed E-state index contributed by atoms with van der Waals surface area (Å²) in [5, 5.41) is 6.93. The third-order valence-corrected chi connectivity index (χ3v) is 5.74. The second kappa shape index (κ2) is 9.13. The minimum absolute atomic E-state index is 0.211. The fourth-order valence-electron chi connectivity index (χ4n) is 3.91. The summed E-state index contributed by atoms with van der Waals surface area (Å²) in [6.45, 7) is 5.91. The van der Waals surface area contributed by atoms with Crippen molar-refractivity contribution < 1.29 is 13.7 Å². The SMILES string of the molecule is Cc1nc2ccc(C(=O)Nc3ccc(Cc4nc(C(C)C)no4)cc3)cc2n1-c1ccc(F)cc1. The Bertz CT molecular complexity index is 1500. The van der Waals surface area contributed by atoms with Crippen LogP contribution >= 0.6 is 0 Å². The molecular weight excluding hydrogens is 445 g/mol. The van der Waals surface area contributed by atoms with E-state index in [2.05, 4.69) is 20.4 Å². The van der Waals surface area contributed by atoms with E-state index >= 15 is 0 Å². The summed E-state index contributed by atoms with van der Waals surface area (Å²) >= 11 is 0. The van der Waals surface area contributed by atoms with Crippen molar-refractivity contribution in [1.82, 2.24) is 19.7 Å². The zero-order valence-corrected chi connectivity index (χ0v) is 19.6. The van der Waals surface area contributed by atoms with E-state index < -0.39 is 0 Å². The summed E-state index contributed by atoms with van der Waals surface area (Å²) in [5.74, 6) is 1.68. The summed E-state index contributed by atoms with van der Waals surface area (Å²) in [5.41, 5.74) is 4.49. The molecule has 0 atom stereocenters. The second-order valence-corrected chi connectivity index (χ2v) is 8.70. The van der Waals surface area contributed by atoms with E-state index in [0.717, 1.165) is 28.1 Å². The van der Waals surface area contributed by atoms with Crippen LogP contribution in [-0.2, 0) is 6.42 Å². The molecule has 0 aliphatic heterocycles. The van der Waals surface area contributed by atoms with Gasteiger partial charge in [0.2, 0.25) is 5.89 Å². The number of fused-ring (bicyclic) bond motifs is 1. The summed E-state index contributed by atoms with van der Waals surface area (Å²) < 4.78 is 20.6. The fourth-order valence-corrected chi connectivity index (χ4v) is 3.91. The van der Waals surface area contributed by atoms with E-state index in [-0.39, 0.29) is 17.6 Å². The summed E-state index contributed by atoms with van der Waals surface area (Å²) in [4.78, 5) is 21.9. The highest BCUT2D eigenvalue weighted by Gasteiger charge is 2.14. The number of aromatic nitrogens is 4. The average Bonchev–Trinajstić information content (AvgIpc) is 3.44. The summed E-state index contributed by atoms with van der Waals surface area (Å²) in [6.07, 6.45) is 0.525. The number of nitrogens with zero attached hydrogens (tertiary/aromatic N) is 4. The van der Waals surface area contributed by atoms with Crippen LogP contribution in [0.25, 0.3) is 16.7 Å². The maximum Gasteiger partial charge on any atom is 0.255 e. The van der Waals surface area contributed by atoms with E-state index in [1.54, 1.807) is 24.3 Å². The molecule has 176 valence electrons. The Morgan fingerprint density at radius 3 is 2.46 bits per heavy atom. The van der Waals surface area contributed by atoms with Crippen molar-refractivity contribution in [1.29, 1.82) is 0 Å². The van der Waals surface area contributed by atoms with Crippen LogP contribution < -0.4 is 5.32 Å². The topological polar surface area (TPSA) is 85.8 Å². The van der Waals surface area contributed by atoms with Gasteiger partial charge in [-0.15, -0.1) is 0 Å². The number of nitrogens with one attached hydrogen (secondary N) is 1. The molecule has 0 bridgehead atoms. The quantitative estimate of drug-likeness (QED) is 0.339. The molecule has 0 saturated heterocycles. The molecule has 0 aliphatic carbocycles. The summed E-state index contributed by atoms with van der Waals surface area (Å²) in [7, 11) is 0.